The number of benzene rings is 2. The van der Waals surface area contributed by atoms with E-state index >= 15 is 0 Å². The Labute approximate surface area is 141 Å². The van der Waals surface area contributed by atoms with Gasteiger partial charge in [0.25, 0.3) is 5.91 Å². The Bertz CT molecular complexity index is 924. The number of aryl methyl sites for hydroxylation is 3. The quantitative estimate of drug-likeness (QED) is 0.593. The van der Waals surface area contributed by atoms with Crippen molar-refractivity contribution < 1.29 is 4.79 Å². The highest BCUT2D eigenvalue weighted by Crippen LogP contribution is 2.15. The molecule has 2 aromatic carbocycles. The van der Waals surface area contributed by atoms with Gasteiger partial charge in [0.15, 0.2) is 0 Å². The van der Waals surface area contributed by atoms with E-state index in [0.29, 0.717) is 0 Å². The van der Waals surface area contributed by atoms with E-state index in [2.05, 4.69) is 21.6 Å². The summed E-state index contributed by atoms with van der Waals surface area (Å²) >= 11 is 0. The second-order valence-electron chi connectivity index (χ2n) is 5.89. The summed E-state index contributed by atoms with van der Waals surface area (Å²) in [6, 6.07) is 13.9. The van der Waals surface area contributed by atoms with E-state index in [0.717, 1.165) is 28.0 Å². The Hall–Kier alpha value is -2.95. The molecule has 0 spiro atoms. The van der Waals surface area contributed by atoms with Crippen molar-refractivity contribution in [2.24, 2.45) is 5.10 Å². The summed E-state index contributed by atoms with van der Waals surface area (Å²) in [5, 5.41) is 4.06. The summed E-state index contributed by atoms with van der Waals surface area (Å²) in [5.74, 6) is 0.631. The molecule has 0 aliphatic carbocycles. The van der Waals surface area contributed by atoms with Gasteiger partial charge in [-0.25, -0.2) is 10.4 Å². The van der Waals surface area contributed by atoms with Crippen molar-refractivity contribution in [1.29, 1.82) is 0 Å². The van der Waals surface area contributed by atoms with E-state index in [1.165, 1.54) is 5.56 Å². The van der Waals surface area contributed by atoms with Gasteiger partial charge in [0, 0.05) is 0 Å². The van der Waals surface area contributed by atoms with Gasteiger partial charge in [0.1, 0.15) is 12.4 Å². The molecule has 3 rings (SSSR count). The standard InChI is InChI=1S/C19H20N4O/c1-13-8-9-16(14(2)10-13)11-20-22-19(24)12-23-15(3)21-17-6-4-5-7-18(17)23/h4-11H,12H2,1-3H3,(H,22,24)/b20-11+. The zero-order chi connectivity index (χ0) is 17.1. The van der Waals surface area contributed by atoms with Gasteiger partial charge in [-0.1, -0.05) is 35.9 Å². The predicted molar refractivity (Wildman–Crippen MR) is 96.1 cm³/mol. The number of fused-ring (bicyclic) bond motifs is 1. The fourth-order valence-electron chi connectivity index (χ4n) is 2.72. The van der Waals surface area contributed by atoms with Crippen LogP contribution in [0.1, 0.15) is 22.5 Å². The van der Waals surface area contributed by atoms with E-state index in [1.54, 1.807) is 6.21 Å². The SMILES string of the molecule is Cc1ccc(/C=N/NC(=O)Cn2c(C)nc3ccccc32)c(C)c1. The van der Waals surface area contributed by atoms with Crippen LogP contribution in [0.15, 0.2) is 47.6 Å². The zero-order valence-electron chi connectivity index (χ0n) is 14.1. The Balaban J connectivity index is 1.69. The van der Waals surface area contributed by atoms with E-state index < -0.39 is 0 Å². The van der Waals surface area contributed by atoms with Crippen molar-refractivity contribution in [2.45, 2.75) is 27.3 Å². The van der Waals surface area contributed by atoms with Crippen LogP contribution in [0, 0.1) is 20.8 Å². The number of amides is 1. The summed E-state index contributed by atoms with van der Waals surface area (Å²) in [4.78, 5) is 16.6. The molecule has 0 radical (unpaired) electrons. The molecular formula is C19H20N4O. The number of carbonyl (C=O) groups excluding carboxylic acids is 1. The number of aromatic nitrogens is 2. The molecule has 0 aliphatic heterocycles. The number of hydrogen-bond acceptors (Lipinski definition) is 3. The van der Waals surface area contributed by atoms with Crippen LogP contribution in [-0.2, 0) is 11.3 Å². The van der Waals surface area contributed by atoms with Crippen LogP contribution in [0.4, 0.5) is 0 Å². The Morgan fingerprint density at radius 3 is 2.79 bits per heavy atom. The fraction of sp³-hybridized carbons (Fsp3) is 0.211. The molecule has 3 aromatic rings. The van der Waals surface area contributed by atoms with Crippen LogP contribution in [0.5, 0.6) is 0 Å². The largest absolute Gasteiger partial charge is 0.319 e. The molecule has 1 amide bonds. The highest BCUT2D eigenvalue weighted by atomic mass is 16.2. The lowest BCUT2D eigenvalue weighted by Crippen LogP contribution is -2.23. The maximum Gasteiger partial charge on any atom is 0.260 e. The second kappa shape index (κ2) is 6.66. The van der Waals surface area contributed by atoms with Gasteiger partial charge in [0.2, 0.25) is 0 Å². The molecule has 0 aliphatic rings. The average Bonchev–Trinajstić information content (AvgIpc) is 2.85. The minimum Gasteiger partial charge on any atom is -0.319 e. The minimum atomic E-state index is -0.178. The summed E-state index contributed by atoms with van der Waals surface area (Å²) < 4.78 is 1.89. The number of hydrogen-bond donors (Lipinski definition) is 1. The molecule has 0 saturated carbocycles. The molecule has 0 unspecified atom stereocenters. The molecule has 1 heterocycles. The van der Waals surface area contributed by atoms with Crippen molar-refractivity contribution in [3.63, 3.8) is 0 Å². The van der Waals surface area contributed by atoms with Crippen LogP contribution in [0.25, 0.3) is 11.0 Å². The Morgan fingerprint density at radius 1 is 1.21 bits per heavy atom. The first kappa shape index (κ1) is 15.9. The summed E-state index contributed by atoms with van der Waals surface area (Å²) in [5.41, 5.74) is 7.75. The number of nitrogens with zero attached hydrogens (tertiary/aromatic N) is 3. The third-order valence-corrected chi connectivity index (χ3v) is 3.97. The predicted octanol–water partition coefficient (Wildman–Crippen LogP) is 3.11. The zero-order valence-corrected chi connectivity index (χ0v) is 14.1. The van der Waals surface area contributed by atoms with Gasteiger partial charge < -0.3 is 4.57 Å². The molecule has 122 valence electrons. The van der Waals surface area contributed by atoms with Crippen LogP contribution >= 0.6 is 0 Å². The lowest BCUT2D eigenvalue weighted by atomic mass is 10.1. The molecule has 1 N–H and O–H groups in total. The number of para-hydroxylation sites is 2. The highest BCUT2D eigenvalue weighted by Gasteiger charge is 2.09. The first-order chi connectivity index (χ1) is 11.5. The molecular weight excluding hydrogens is 300 g/mol. The van der Waals surface area contributed by atoms with E-state index in [-0.39, 0.29) is 12.5 Å². The number of carbonyl (C=O) groups is 1. The van der Waals surface area contributed by atoms with Crippen molar-refractivity contribution in [3.8, 4) is 0 Å². The smallest absolute Gasteiger partial charge is 0.260 e. The van der Waals surface area contributed by atoms with E-state index in [1.807, 2.05) is 61.7 Å². The number of hydrazone groups is 1. The number of imidazole rings is 1. The molecule has 0 bridgehead atoms. The molecule has 5 nitrogen and oxygen atoms in total. The van der Waals surface area contributed by atoms with Gasteiger partial charge in [-0.2, -0.15) is 5.10 Å². The second-order valence-corrected chi connectivity index (χ2v) is 5.89. The maximum absolute atomic E-state index is 12.2. The van der Waals surface area contributed by atoms with Crippen molar-refractivity contribution in [1.82, 2.24) is 15.0 Å². The van der Waals surface area contributed by atoms with Gasteiger partial charge in [-0.05, 0) is 44.0 Å². The van der Waals surface area contributed by atoms with Gasteiger partial charge in [0.05, 0.1) is 17.2 Å². The van der Waals surface area contributed by atoms with Crippen LogP contribution in [-0.4, -0.2) is 21.7 Å². The summed E-state index contributed by atoms with van der Waals surface area (Å²) in [6.45, 7) is 6.16. The third-order valence-electron chi connectivity index (χ3n) is 3.97. The van der Waals surface area contributed by atoms with Crippen molar-refractivity contribution in [3.05, 3.63) is 65.0 Å². The van der Waals surface area contributed by atoms with Gasteiger partial charge in [-0.15, -0.1) is 0 Å². The molecule has 1 aromatic heterocycles. The topological polar surface area (TPSA) is 59.3 Å². The van der Waals surface area contributed by atoms with Gasteiger partial charge >= 0.3 is 0 Å². The number of nitrogens with one attached hydrogen (secondary N) is 1. The van der Waals surface area contributed by atoms with Crippen LogP contribution < -0.4 is 5.43 Å². The van der Waals surface area contributed by atoms with Crippen LogP contribution in [0.2, 0.25) is 0 Å². The van der Waals surface area contributed by atoms with E-state index in [9.17, 15) is 4.79 Å². The molecule has 0 atom stereocenters. The first-order valence-electron chi connectivity index (χ1n) is 7.85. The summed E-state index contributed by atoms with van der Waals surface area (Å²) in [7, 11) is 0. The monoisotopic (exact) mass is 320 g/mol. The summed E-state index contributed by atoms with van der Waals surface area (Å²) in [6.07, 6.45) is 1.67. The number of rotatable bonds is 4. The normalized spacial score (nSPS) is 11.3. The lowest BCUT2D eigenvalue weighted by Gasteiger charge is -2.05. The maximum atomic E-state index is 12.2. The van der Waals surface area contributed by atoms with Crippen molar-refractivity contribution >= 4 is 23.2 Å². The molecule has 0 fully saturated rings. The Kier molecular flexibility index (Phi) is 4.42. The Morgan fingerprint density at radius 2 is 2.00 bits per heavy atom. The minimum absolute atomic E-state index is 0.178. The van der Waals surface area contributed by atoms with Gasteiger partial charge in [-0.3, -0.25) is 4.79 Å². The first-order valence-corrected chi connectivity index (χ1v) is 7.85. The average molecular weight is 320 g/mol. The highest BCUT2D eigenvalue weighted by molar-refractivity contribution is 5.84. The molecule has 5 heteroatoms. The lowest BCUT2D eigenvalue weighted by molar-refractivity contribution is -0.121. The fourth-order valence-corrected chi connectivity index (χ4v) is 2.72. The molecule has 0 saturated heterocycles. The van der Waals surface area contributed by atoms with Crippen molar-refractivity contribution in [2.75, 3.05) is 0 Å². The molecule has 24 heavy (non-hydrogen) atoms. The third kappa shape index (κ3) is 3.35. The van der Waals surface area contributed by atoms with E-state index in [4.69, 9.17) is 0 Å². The van der Waals surface area contributed by atoms with Crippen LogP contribution in [0.3, 0.4) is 0 Å².